The van der Waals surface area contributed by atoms with E-state index in [2.05, 4.69) is 27.5 Å². The molecule has 0 spiro atoms. The molecule has 57 heavy (non-hydrogen) atoms. The molecule has 0 saturated heterocycles. The molecule has 0 aliphatic heterocycles. The molecule has 0 fully saturated rings. The van der Waals surface area contributed by atoms with Crippen molar-refractivity contribution in [3.63, 3.8) is 0 Å². The van der Waals surface area contributed by atoms with Crippen LogP contribution in [0.3, 0.4) is 0 Å². The Hall–Kier alpha value is -5.90. The maximum Gasteiger partial charge on any atom is 0.329 e. The molecule has 5 rings (SSSR count). The van der Waals surface area contributed by atoms with E-state index in [1.54, 1.807) is 30.6 Å². The van der Waals surface area contributed by atoms with Crippen molar-refractivity contribution in [3.8, 4) is 34.3 Å². The lowest BCUT2D eigenvalue weighted by Crippen LogP contribution is -2.54. The van der Waals surface area contributed by atoms with Gasteiger partial charge in [-0.1, -0.05) is 102 Å². The van der Waals surface area contributed by atoms with Gasteiger partial charge in [-0.15, -0.1) is 11.3 Å². The number of unbranched alkanes of at least 4 members (excludes halogenated alkanes) is 4. The van der Waals surface area contributed by atoms with Gasteiger partial charge in [0.15, 0.2) is 11.9 Å². The predicted octanol–water partition coefficient (Wildman–Crippen LogP) is 8.03. The predicted molar refractivity (Wildman–Crippen MR) is 221 cm³/mol. The summed E-state index contributed by atoms with van der Waals surface area (Å²) in [4.78, 5) is 50.2. The van der Waals surface area contributed by atoms with Crippen LogP contribution in [-0.2, 0) is 21.4 Å². The highest BCUT2D eigenvalue weighted by Gasteiger charge is 2.33. The molecule has 0 bridgehead atoms. The molecule has 11 nitrogen and oxygen atoms in total. The van der Waals surface area contributed by atoms with Gasteiger partial charge >= 0.3 is 5.97 Å². The van der Waals surface area contributed by atoms with Crippen molar-refractivity contribution in [2.45, 2.75) is 89.8 Å². The van der Waals surface area contributed by atoms with Crippen LogP contribution in [0.1, 0.15) is 97.1 Å². The van der Waals surface area contributed by atoms with E-state index in [-0.39, 0.29) is 17.4 Å². The highest BCUT2D eigenvalue weighted by atomic mass is 32.1. The number of ether oxygens (including phenoxy) is 1. The first-order valence-corrected chi connectivity index (χ1v) is 19.9. The minimum absolute atomic E-state index is 0.0209. The number of nitriles is 1. The van der Waals surface area contributed by atoms with Crippen molar-refractivity contribution >= 4 is 29.1 Å². The van der Waals surface area contributed by atoms with Crippen LogP contribution in [0.5, 0.6) is 5.75 Å². The second kappa shape index (κ2) is 19.8. The van der Waals surface area contributed by atoms with Gasteiger partial charge in [-0.2, -0.15) is 5.26 Å². The van der Waals surface area contributed by atoms with E-state index >= 15 is 0 Å². The van der Waals surface area contributed by atoms with E-state index in [0.717, 1.165) is 33.7 Å². The number of nitrogens with one attached hydrogen (secondary N) is 2. The molecule has 0 aliphatic carbocycles. The zero-order chi connectivity index (χ0) is 41.0. The van der Waals surface area contributed by atoms with Crippen LogP contribution >= 0.6 is 11.3 Å². The first-order chi connectivity index (χ1) is 27.4. The van der Waals surface area contributed by atoms with E-state index in [1.807, 2.05) is 69.3 Å². The average molecular weight is 788 g/mol. The number of carboxylic acid groups (broad SMARTS) is 1. The number of benzene rings is 3. The maximum atomic E-state index is 13.8. The van der Waals surface area contributed by atoms with Crippen molar-refractivity contribution in [1.82, 2.24) is 20.6 Å². The van der Waals surface area contributed by atoms with Crippen LogP contribution in [0.4, 0.5) is 0 Å². The lowest BCUT2D eigenvalue weighted by molar-refractivity contribution is -0.145. The topological polar surface area (TPSA) is 175 Å². The summed E-state index contributed by atoms with van der Waals surface area (Å²) in [5.41, 5.74) is 3.59. The van der Waals surface area contributed by atoms with Gasteiger partial charge in [-0.25, -0.2) is 14.8 Å². The fraction of sp³-hybridized carbons (Fsp3) is 0.333. The number of aliphatic carboxylic acids is 1. The highest BCUT2D eigenvalue weighted by molar-refractivity contribution is 7.14. The minimum Gasteiger partial charge on any atom is -0.494 e. The van der Waals surface area contributed by atoms with Gasteiger partial charge in [0.2, 0.25) is 5.91 Å². The van der Waals surface area contributed by atoms with Gasteiger partial charge in [-0.3, -0.25) is 9.59 Å². The summed E-state index contributed by atoms with van der Waals surface area (Å²) >= 11 is 1.32. The number of thiophene rings is 1. The van der Waals surface area contributed by atoms with E-state index < -0.39 is 36.0 Å². The number of carbonyl (C=O) groups is 3. The van der Waals surface area contributed by atoms with Crippen LogP contribution in [0, 0.1) is 11.3 Å². The summed E-state index contributed by atoms with van der Waals surface area (Å²) < 4.78 is 5.90. The fourth-order valence-electron chi connectivity index (χ4n) is 6.07. The zero-order valence-corrected chi connectivity index (χ0v) is 33.5. The Labute approximate surface area is 337 Å². The van der Waals surface area contributed by atoms with E-state index in [0.29, 0.717) is 28.4 Å². The number of carbonyl (C=O) groups excluding carboxylic acids is 2. The third-order valence-electron chi connectivity index (χ3n) is 9.46. The quantitative estimate of drug-likeness (QED) is 0.0641. The molecule has 0 saturated carbocycles. The maximum absolute atomic E-state index is 13.8. The Morgan fingerprint density at radius 2 is 1.47 bits per heavy atom. The Morgan fingerprint density at radius 1 is 0.825 bits per heavy atom. The van der Waals surface area contributed by atoms with Gasteiger partial charge in [-0.05, 0) is 64.9 Å². The fourth-order valence-corrected chi connectivity index (χ4v) is 7.04. The summed E-state index contributed by atoms with van der Waals surface area (Å²) in [7, 11) is 0. The lowest BCUT2D eigenvalue weighted by Gasteiger charge is -2.24. The third kappa shape index (κ3) is 11.8. The van der Waals surface area contributed by atoms with Crippen molar-refractivity contribution in [1.29, 1.82) is 5.26 Å². The van der Waals surface area contributed by atoms with Crippen LogP contribution in [0.2, 0.25) is 0 Å². The van der Waals surface area contributed by atoms with E-state index in [1.165, 1.54) is 61.3 Å². The number of aromatic nitrogens is 2. The van der Waals surface area contributed by atoms with Gasteiger partial charge in [0.25, 0.3) is 5.91 Å². The number of aliphatic hydroxyl groups excluding tert-OH is 1. The molecule has 5 aromatic rings. The van der Waals surface area contributed by atoms with Crippen LogP contribution in [-0.4, -0.2) is 56.7 Å². The number of carboxylic acids is 1. The standard InChI is InChI=1S/C45H49N5O6S/c1-5-6-7-8-9-24-56-35-20-18-31(19-21-35)34-27-47-41(48-28-34)33-16-10-29(11-17-33)25-36(49-43(53)37-22-23-38(57-37)45(2,3)4)42(52)50-39(44(54)55)40(51)32-14-12-30(26-46)13-15-32/h10-23,27-28,36,39-40,51H,5-9,24-25H2,1-4H3,(H,49,53)(H,50,52)(H,54,55)/t36-,39?,40?/m0/s1. The van der Waals surface area contributed by atoms with Crippen LogP contribution < -0.4 is 15.4 Å². The van der Waals surface area contributed by atoms with Crippen LogP contribution in [0.25, 0.3) is 22.5 Å². The molecule has 0 aliphatic rings. The number of amides is 2. The molecule has 0 radical (unpaired) electrons. The number of rotatable bonds is 18. The first-order valence-electron chi connectivity index (χ1n) is 19.1. The second-order valence-electron chi connectivity index (χ2n) is 14.9. The summed E-state index contributed by atoms with van der Waals surface area (Å²) in [6.07, 6.45) is 7.84. The smallest absolute Gasteiger partial charge is 0.329 e. The molecular formula is C45H49N5O6S. The Balaban J connectivity index is 1.28. The third-order valence-corrected chi connectivity index (χ3v) is 11.0. The molecule has 12 heteroatoms. The highest BCUT2D eigenvalue weighted by Crippen LogP contribution is 2.30. The Kier molecular flexibility index (Phi) is 14.7. The molecule has 2 amide bonds. The molecule has 3 atom stereocenters. The first kappa shape index (κ1) is 42.2. The molecular weight excluding hydrogens is 739 g/mol. The van der Waals surface area contributed by atoms with Crippen molar-refractivity contribution < 1.29 is 29.3 Å². The van der Waals surface area contributed by atoms with E-state index in [4.69, 9.17) is 10.00 Å². The summed E-state index contributed by atoms with van der Waals surface area (Å²) in [5.74, 6) is -1.41. The normalized spacial score (nSPS) is 12.8. The van der Waals surface area contributed by atoms with Crippen molar-refractivity contribution in [2.75, 3.05) is 6.61 Å². The SMILES string of the molecule is CCCCCCCOc1ccc(-c2cnc(-c3ccc(C[C@H](NC(=O)c4ccc(C(C)(C)C)s4)C(=O)NC(C(=O)O)C(O)c4ccc(C#N)cc4)cc3)nc2)cc1. The second-order valence-corrected chi connectivity index (χ2v) is 16.0. The van der Waals surface area contributed by atoms with Gasteiger partial charge in [0, 0.05) is 34.8 Å². The average Bonchev–Trinajstić information content (AvgIpc) is 3.73. The summed E-state index contributed by atoms with van der Waals surface area (Å²) in [6, 6.07) is 23.5. The number of aliphatic hydroxyl groups is 1. The monoisotopic (exact) mass is 787 g/mol. The van der Waals surface area contributed by atoms with E-state index in [9.17, 15) is 24.6 Å². The van der Waals surface area contributed by atoms with Gasteiger partial charge in [0.1, 0.15) is 17.9 Å². The zero-order valence-electron chi connectivity index (χ0n) is 32.7. The number of hydrogen-bond donors (Lipinski definition) is 4. The molecule has 3 aromatic carbocycles. The molecule has 296 valence electrons. The van der Waals surface area contributed by atoms with Crippen molar-refractivity contribution in [3.05, 3.63) is 124 Å². The molecule has 2 unspecified atom stereocenters. The Bertz CT molecular complexity index is 2140. The summed E-state index contributed by atoms with van der Waals surface area (Å²) in [5, 5.41) is 35.4. The molecule has 2 aromatic heterocycles. The Morgan fingerprint density at radius 3 is 2.07 bits per heavy atom. The number of hydrogen-bond acceptors (Lipinski definition) is 9. The molecule has 4 N–H and O–H groups in total. The number of nitrogens with zero attached hydrogens (tertiary/aromatic N) is 3. The van der Waals surface area contributed by atoms with Crippen molar-refractivity contribution in [2.24, 2.45) is 0 Å². The van der Waals surface area contributed by atoms with Gasteiger partial charge < -0.3 is 25.6 Å². The minimum atomic E-state index is -1.74. The summed E-state index contributed by atoms with van der Waals surface area (Å²) in [6.45, 7) is 9.02. The lowest BCUT2D eigenvalue weighted by atomic mass is 9.95. The molecule has 2 heterocycles. The van der Waals surface area contributed by atoms with Gasteiger partial charge in [0.05, 0.1) is 23.1 Å². The largest absolute Gasteiger partial charge is 0.494 e. The van der Waals surface area contributed by atoms with Crippen LogP contribution in [0.15, 0.2) is 97.3 Å².